The Morgan fingerprint density at radius 3 is 2.76 bits per heavy atom. The van der Waals surface area contributed by atoms with Gasteiger partial charge in [0.25, 0.3) is 0 Å². The average Bonchev–Trinajstić information content (AvgIpc) is 2.97. The van der Waals surface area contributed by atoms with E-state index in [4.69, 9.17) is 15.2 Å². The molecule has 3 aliphatic rings. The lowest BCUT2D eigenvalue weighted by Gasteiger charge is -2.65. The Hall–Kier alpha value is -0.360. The van der Waals surface area contributed by atoms with E-state index in [0.717, 1.165) is 39.1 Å². The first-order valence-corrected chi connectivity index (χ1v) is 7.74. The van der Waals surface area contributed by atoms with Crippen molar-refractivity contribution in [3.63, 3.8) is 0 Å². The van der Waals surface area contributed by atoms with Crippen LogP contribution in [0.5, 0.6) is 0 Å². The molecule has 6 heteroatoms. The van der Waals surface area contributed by atoms with E-state index in [2.05, 4.69) is 19.2 Å². The van der Waals surface area contributed by atoms with Crippen molar-refractivity contribution in [3.8, 4) is 0 Å². The van der Waals surface area contributed by atoms with Crippen LogP contribution < -0.4 is 11.1 Å². The molecule has 2 aliphatic heterocycles. The predicted molar refractivity (Wildman–Crippen MR) is 82.3 cm³/mol. The van der Waals surface area contributed by atoms with Gasteiger partial charge in [0.05, 0.1) is 12.7 Å². The maximum Gasteiger partial charge on any atom is 0.241 e. The summed E-state index contributed by atoms with van der Waals surface area (Å²) in [7, 11) is 0. The van der Waals surface area contributed by atoms with E-state index in [-0.39, 0.29) is 35.8 Å². The molecule has 1 saturated carbocycles. The van der Waals surface area contributed by atoms with E-state index in [9.17, 15) is 4.79 Å². The summed E-state index contributed by atoms with van der Waals surface area (Å²) in [6, 6.07) is 0. The molecule has 3 fully saturated rings. The fraction of sp³-hybridized carbons (Fsp3) is 0.933. The van der Waals surface area contributed by atoms with Gasteiger partial charge in [0.15, 0.2) is 0 Å². The van der Waals surface area contributed by atoms with Crippen molar-refractivity contribution < 1.29 is 14.3 Å². The van der Waals surface area contributed by atoms with Crippen molar-refractivity contribution in [1.82, 2.24) is 5.32 Å². The van der Waals surface area contributed by atoms with Crippen LogP contribution in [-0.2, 0) is 14.3 Å². The van der Waals surface area contributed by atoms with Gasteiger partial charge in [-0.2, -0.15) is 0 Å². The lowest BCUT2D eigenvalue weighted by molar-refractivity contribution is -0.225. The van der Waals surface area contributed by atoms with Crippen LogP contribution in [0.25, 0.3) is 0 Å². The molecule has 122 valence electrons. The Bertz CT molecular complexity index is 398. The van der Waals surface area contributed by atoms with Gasteiger partial charge < -0.3 is 20.5 Å². The number of carbonyl (C=O) groups is 1. The summed E-state index contributed by atoms with van der Waals surface area (Å²) in [5.41, 5.74) is 5.45. The van der Waals surface area contributed by atoms with Gasteiger partial charge in [-0.25, -0.2) is 0 Å². The zero-order valence-electron chi connectivity index (χ0n) is 12.9. The highest BCUT2D eigenvalue weighted by Crippen LogP contribution is 2.57. The first-order chi connectivity index (χ1) is 9.48. The van der Waals surface area contributed by atoms with E-state index < -0.39 is 5.54 Å². The summed E-state index contributed by atoms with van der Waals surface area (Å²) in [4.78, 5) is 12.6. The normalized spacial score (nSPS) is 40.6. The summed E-state index contributed by atoms with van der Waals surface area (Å²) in [5, 5.41) is 3.06. The summed E-state index contributed by atoms with van der Waals surface area (Å²) < 4.78 is 11.2. The van der Waals surface area contributed by atoms with Gasteiger partial charge in [-0.3, -0.25) is 4.79 Å². The lowest BCUT2D eigenvalue weighted by atomic mass is 9.46. The van der Waals surface area contributed by atoms with Gasteiger partial charge in [0, 0.05) is 37.0 Å². The highest BCUT2D eigenvalue weighted by atomic mass is 35.5. The van der Waals surface area contributed by atoms with Gasteiger partial charge in [-0.1, -0.05) is 13.8 Å². The number of ether oxygens (including phenoxy) is 2. The Morgan fingerprint density at radius 2 is 2.10 bits per heavy atom. The Labute approximate surface area is 132 Å². The summed E-state index contributed by atoms with van der Waals surface area (Å²) in [6.45, 7) is 7.12. The molecule has 0 aromatic carbocycles. The lowest BCUT2D eigenvalue weighted by Crippen LogP contribution is -2.82. The first-order valence-electron chi connectivity index (χ1n) is 7.74. The molecule has 0 spiro atoms. The van der Waals surface area contributed by atoms with Crippen LogP contribution in [0.2, 0.25) is 0 Å². The fourth-order valence-corrected chi connectivity index (χ4v) is 4.16. The second-order valence-corrected chi connectivity index (χ2v) is 7.07. The smallest absolute Gasteiger partial charge is 0.241 e. The van der Waals surface area contributed by atoms with Crippen molar-refractivity contribution in [2.45, 2.75) is 44.8 Å². The van der Waals surface area contributed by atoms with E-state index in [1.54, 1.807) is 0 Å². The molecule has 2 heterocycles. The maximum atomic E-state index is 12.6. The number of hydrogen-bond donors (Lipinski definition) is 2. The van der Waals surface area contributed by atoms with Crippen LogP contribution >= 0.6 is 12.4 Å². The third-order valence-corrected chi connectivity index (χ3v) is 5.64. The second kappa shape index (κ2) is 6.03. The third-order valence-electron chi connectivity index (χ3n) is 5.64. The Morgan fingerprint density at radius 1 is 1.33 bits per heavy atom. The number of hydrogen-bond acceptors (Lipinski definition) is 4. The molecule has 5 nitrogen and oxygen atoms in total. The molecule has 1 amide bonds. The molecule has 1 aliphatic carbocycles. The number of rotatable bonds is 3. The van der Waals surface area contributed by atoms with Gasteiger partial charge >= 0.3 is 0 Å². The molecule has 21 heavy (non-hydrogen) atoms. The Kier molecular flexibility index (Phi) is 4.88. The van der Waals surface area contributed by atoms with Crippen molar-refractivity contribution in [2.24, 2.45) is 23.0 Å². The van der Waals surface area contributed by atoms with Crippen molar-refractivity contribution >= 4 is 18.3 Å². The Balaban J connectivity index is 0.00000161. The van der Waals surface area contributed by atoms with Crippen LogP contribution in [0.1, 0.15) is 33.1 Å². The van der Waals surface area contributed by atoms with Crippen LogP contribution in [-0.4, -0.2) is 43.9 Å². The summed E-state index contributed by atoms with van der Waals surface area (Å²) in [5.74, 6) is 0.580. The van der Waals surface area contributed by atoms with Crippen LogP contribution in [0.3, 0.4) is 0 Å². The number of amides is 1. The number of nitrogens with two attached hydrogens (primary N) is 1. The van der Waals surface area contributed by atoms with Crippen LogP contribution in [0, 0.1) is 17.3 Å². The zero-order chi connectivity index (χ0) is 14.4. The van der Waals surface area contributed by atoms with Gasteiger partial charge in [0.1, 0.15) is 5.54 Å². The van der Waals surface area contributed by atoms with Gasteiger partial charge in [-0.05, 0) is 19.3 Å². The van der Waals surface area contributed by atoms with Crippen molar-refractivity contribution in [2.75, 3.05) is 26.4 Å². The highest BCUT2D eigenvalue weighted by Gasteiger charge is 2.70. The van der Waals surface area contributed by atoms with E-state index in [0.29, 0.717) is 12.5 Å². The number of halogens is 1. The van der Waals surface area contributed by atoms with Gasteiger partial charge in [-0.15, -0.1) is 12.4 Å². The molecule has 0 aromatic rings. The molecule has 0 bridgehead atoms. The summed E-state index contributed by atoms with van der Waals surface area (Å²) >= 11 is 0. The minimum atomic E-state index is -0.794. The minimum absolute atomic E-state index is 0. The van der Waals surface area contributed by atoms with Crippen molar-refractivity contribution in [1.29, 1.82) is 0 Å². The van der Waals surface area contributed by atoms with Crippen LogP contribution in [0.4, 0.5) is 0 Å². The zero-order valence-corrected chi connectivity index (χ0v) is 13.7. The molecule has 4 unspecified atom stereocenters. The SMILES string of the molecule is CC1(C)C2OCCCC2C1(N)C(=O)NCC1CCOC1.Cl. The van der Waals surface area contributed by atoms with Gasteiger partial charge in [0.2, 0.25) is 5.91 Å². The summed E-state index contributed by atoms with van der Waals surface area (Å²) in [6.07, 6.45) is 3.14. The van der Waals surface area contributed by atoms with Crippen LogP contribution in [0.15, 0.2) is 0 Å². The average molecular weight is 319 g/mol. The molecule has 3 rings (SSSR count). The number of nitrogens with one attached hydrogen (secondary N) is 1. The van der Waals surface area contributed by atoms with Crippen molar-refractivity contribution in [3.05, 3.63) is 0 Å². The van der Waals surface area contributed by atoms with E-state index in [1.165, 1.54) is 0 Å². The molecule has 3 N–H and O–H groups in total. The van der Waals surface area contributed by atoms with E-state index in [1.807, 2.05) is 0 Å². The molecule has 0 radical (unpaired) electrons. The molecule has 2 saturated heterocycles. The van der Waals surface area contributed by atoms with E-state index >= 15 is 0 Å². The number of fused-ring (bicyclic) bond motifs is 1. The minimum Gasteiger partial charge on any atom is -0.381 e. The maximum absolute atomic E-state index is 12.6. The molecular weight excluding hydrogens is 292 g/mol. The predicted octanol–water partition coefficient (Wildman–Crippen LogP) is 1.09. The first kappa shape index (κ1) is 17.0. The number of carbonyl (C=O) groups excluding carboxylic acids is 1. The second-order valence-electron chi connectivity index (χ2n) is 7.07. The molecule has 0 aromatic heterocycles. The quantitative estimate of drug-likeness (QED) is 0.817. The third kappa shape index (κ3) is 2.48. The monoisotopic (exact) mass is 318 g/mol. The topological polar surface area (TPSA) is 73.6 Å². The highest BCUT2D eigenvalue weighted by molar-refractivity contribution is 5.89. The largest absolute Gasteiger partial charge is 0.381 e. The fourth-order valence-electron chi connectivity index (χ4n) is 4.16. The molecular formula is C15H27ClN2O3. The molecule has 4 atom stereocenters. The standard InChI is InChI=1S/C15H26N2O3.ClH/c1-14(2)12-11(4-3-6-20-12)15(14,16)13(18)17-8-10-5-7-19-9-10;/h10-12H,3-9,16H2,1-2H3,(H,17,18);1H.